The molecule has 0 radical (unpaired) electrons. The Hall–Kier alpha value is -4.05. The van der Waals surface area contributed by atoms with Gasteiger partial charge in [-0.25, -0.2) is 0 Å². The molecule has 0 heterocycles. The minimum atomic E-state index is -1.12. The Balaban J connectivity index is 1.52. The second kappa shape index (κ2) is 9.43. The lowest BCUT2D eigenvalue weighted by molar-refractivity contribution is 0.0124. The fraction of sp³-hybridized carbons (Fsp3) is 0.0385. The first kappa shape index (κ1) is 19.3. The molecule has 0 amide bonds. The molecule has 0 bridgehead atoms. The van der Waals surface area contributed by atoms with Gasteiger partial charge in [0, 0.05) is 5.56 Å². The van der Waals surface area contributed by atoms with Crippen molar-refractivity contribution in [3.05, 3.63) is 121 Å². The van der Waals surface area contributed by atoms with Crippen molar-refractivity contribution >= 4 is 5.78 Å². The van der Waals surface area contributed by atoms with E-state index in [9.17, 15) is 4.79 Å². The van der Waals surface area contributed by atoms with Gasteiger partial charge in [0.2, 0.25) is 5.78 Å². The van der Waals surface area contributed by atoms with Crippen molar-refractivity contribution in [3.63, 3.8) is 0 Å². The topological polar surface area (TPSA) is 44.8 Å². The normalized spacial score (nSPS) is 10.4. The molecule has 0 N–H and O–H groups in total. The van der Waals surface area contributed by atoms with Crippen LogP contribution in [0.15, 0.2) is 115 Å². The van der Waals surface area contributed by atoms with Crippen LogP contribution < -0.4 is 14.2 Å². The van der Waals surface area contributed by atoms with E-state index in [0.29, 0.717) is 22.8 Å². The molecule has 4 rings (SSSR count). The summed E-state index contributed by atoms with van der Waals surface area (Å²) in [5, 5.41) is 0. The lowest BCUT2D eigenvalue weighted by Gasteiger charge is -2.19. The summed E-state index contributed by atoms with van der Waals surface area (Å²) in [7, 11) is 0. The van der Waals surface area contributed by atoms with Crippen LogP contribution in [0.4, 0.5) is 0 Å². The first-order valence-electron chi connectivity index (χ1n) is 9.58. The van der Waals surface area contributed by atoms with E-state index in [-0.39, 0.29) is 5.78 Å². The zero-order valence-corrected chi connectivity index (χ0v) is 16.2. The van der Waals surface area contributed by atoms with Gasteiger partial charge in [-0.05, 0) is 60.7 Å². The Morgan fingerprint density at radius 1 is 0.500 bits per heavy atom. The lowest BCUT2D eigenvalue weighted by atomic mass is 10.1. The van der Waals surface area contributed by atoms with E-state index in [4.69, 9.17) is 14.2 Å². The molecule has 4 heteroatoms. The molecule has 4 aromatic carbocycles. The van der Waals surface area contributed by atoms with Crippen LogP contribution in [-0.2, 0) is 0 Å². The van der Waals surface area contributed by atoms with Crippen LogP contribution in [0.25, 0.3) is 0 Å². The third kappa shape index (κ3) is 5.06. The zero-order chi connectivity index (χ0) is 20.6. The lowest BCUT2D eigenvalue weighted by Crippen LogP contribution is -2.33. The minimum Gasteiger partial charge on any atom is -0.457 e. The second-order valence-corrected chi connectivity index (χ2v) is 6.50. The standard InChI is InChI=1S/C26H20O4/c27-25(20-16-18-24(19-17-20)28-21-10-4-1-5-11-21)26(29-22-12-6-2-7-13-22)30-23-14-8-3-9-15-23/h1-19,26H. The molecule has 0 aliphatic rings. The summed E-state index contributed by atoms with van der Waals surface area (Å²) in [6.07, 6.45) is -1.12. The van der Waals surface area contributed by atoms with Crippen molar-refractivity contribution in [1.29, 1.82) is 0 Å². The van der Waals surface area contributed by atoms with Crippen molar-refractivity contribution < 1.29 is 19.0 Å². The predicted molar refractivity (Wildman–Crippen MR) is 115 cm³/mol. The number of carbonyl (C=O) groups excluding carboxylic acids is 1. The van der Waals surface area contributed by atoms with E-state index < -0.39 is 6.29 Å². The highest BCUT2D eigenvalue weighted by molar-refractivity contribution is 5.99. The first-order chi connectivity index (χ1) is 14.8. The Morgan fingerprint density at radius 2 is 0.900 bits per heavy atom. The number of carbonyl (C=O) groups is 1. The molecular weight excluding hydrogens is 376 g/mol. The summed E-state index contributed by atoms with van der Waals surface area (Å²) in [6, 6.07) is 34.7. The van der Waals surface area contributed by atoms with Gasteiger partial charge in [0.05, 0.1) is 0 Å². The van der Waals surface area contributed by atoms with Gasteiger partial charge in [0.1, 0.15) is 23.0 Å². The second-order valence-electron chi connectivity index (χ2n) is 6.50. The van der Waals surface area contributed by atoms with Crippen LogP contribution in [0.3, 0.4) is 0 Å². The Bertz CT molecular complexity index is 1020. The zero-order valence-electron chi connectivity index (χ0n) is 16.2. The largest absolute Gasteiger partial charge is 0.457 e. The fourth-order valence-corrected chi connectivity index (χ4v) is 2.82. The van der Waals surface area contributed by atoms with Crippen LogP contribution in [0.5, 0.6) is 23.0 Å². The van der Waals surface area contributed by atoms with Crippen molar-refractivity contribution in [2.75, 3.05) is 0 Å². The van der Waals surface area contributed by atoms with Gasteiger partial charge in [-0.15, -0.1) is 0 Å². The van der Waals surface area contributed by atoms with E-state index in [1.807, 2.05) is 66.7 Å². The first-order valence-corrected chi connectivity index (χ1v) is 9.58. The molecule has 0 saturated carbocycles. The number of Topliss-reactive ketones (excluding diaryl/α,β-unsaturated/α-hetero) is 1. The summed E-state index contributed by atoms with van der Waals surface area (Å²) in [5.74, 6) is 2.19. The Labute approximate surface area is 175 Å². The number of rotatable bonds is 8. The van der Waals surface area contributed by atoms with Gasteiger partial charge >= 0.3 is 6.29 Å². The average Bonchev–Trinajstić information content (AvgIpc) is 2.81. The number of hydrogen-bond acceptors (Lipinski definition) is 4. The molecule has 0 spiro atoms. The highest BCUT2D eigenvalue weighted by Crippen LogP contribution is 2.23. The number of ether oxygens (including phenoxy) is 3. The molecule has 0 unspecified atom stereocenters. The maximum Gasteiger partial charge on any atom is 0.305 e. The number of hydrogen-bond donors (Lipinski definition) is 0. The Morgan fingerprint density at radius 3 is 1.37 bits per heavy atom. The molecule has 4 aromatic rings. The highest BCUT2D eigenvalue weighted by atomic mass is 16.7. The van der Waals surface area contributed by atoms with Crippen LogP contribution in [0, 0.1) is 0 Å². The summed E-state index contributed by atoms with van der Waals surface area (Å²) in [6.45, 7) is 0. The van der Waals surface area contributed by atoms with Crippen LogP contribution >= 0.6 is 0 Å². The maximum absolute atomic E-state index is 13.1. The molecular formula is C26H20O4. The molecule has 0 aliphatic heterocycles. The molecule has 4 nitrogen and oxygen atoms in total. The van der Waals surface area contributed by atoms with Crippen LogP contribution in [0.2, 0.25) is 0 Å². The van der Waals surface area contributed by atoms with Gasteiger partial charge in [0.15, 0.2) is 0 Å². The van der Waals surface area contributed by atoms with Crippen LogP contribution in [0.1, 0.15) is 10.4 Å². The van der Waals surface area contributed by atoms with E-state index in [1.54, 1.807) is 48.5 Å². The van der Waals surface area contributed by atoms with Gasteiger partial charge < -0.3 is 14.2 Å². The molecule has 0 saturated heterocycles. The SMILES string of the molecule is O=C(c1ccc(Oc2ccccc2)cc1)C(Oc1ccccc1)Oc1ccccc1. The van der Waals surface area contributed by atoms with Crippen LogP contribution in [-0.4, -0.2) is 12.1 Å². The smallest absolute Gasteiger partial charge is 0.305 e. The highest BCUT2D eigenvalue weighted by Gasteiger charge is 2.24. The predicted octanol–water partition coefficient (Wildman–Crippen LogP) is 6.15. The van der Waals surface area contributed by atoms with Gasteiger partial charge in [-0.2, -0.15) is 0 Å². The number of para-hydroxylation sites is 3. The van der Waals surface area contributed by atoms with E-state index in [1.165, 1.54) is 0 Å². The molecule has 0 fully saturated rings. The van der Waals surface area contributed by atoms with Gasteiger partial charge in [0.25, 0.3) is 0 Å². The molecule has 0 aromatic heterocycles. The number of benzene rings is 4. The monoisotopic (exact) mass is 396 g/mol. The van der Waals surface area contributed by atoms with E-state index in [2.05, 4.69) is 0 Å². The van der Waals surface area contributed by atoms with Crippen molar-refractivity contribution in [1.82, 2.24) is 0 Å². The van der Waals surface area contributed by atoms with E-state index in [0.717, 1.165) is 5.75 Å². The fourth-order valence-electron chi connectivity index (χ4n) is 2.82. The summed E-state index contributed by atoms with van der Waals surface area (Å²) in [4.78, 5) is 13.1. The minimum absolute atomic E-state index is 0.283. The van der Waals surface area contributed by atoms with Crippen molar-refractivity contribution in [3.8, 4) is 23.0 Å². The Kier molecular flexibility index (Phi) is 6.06. The van der Waals surface area contributed by atoms with E-state index >= 15 is 0 Å². The number of ketones is 1. The van der Waals surface area contributed by atoms with Crippen molar-refractivity contribution in [2.45, 2.75) is 6.29 Å². The van der Waals surface area contributed by atoms with Gasteiger partial charge in [-0.1, -0.05) is 54.6 Å². The maximum atomic E-state index is 13.1. The molecule has 30 heavy (non-hydrogen) atoms. The molecule has 0 atom stereocenters. The molecule has 0 aliphatic carbocycles. The summed E-state index contributed by atoms with van der Waals surface area (Å²) in [5.41, 5.74) is 0.465. The van der Waals surface area contributed by atoms with Crippen molar-refractivity contribution in [2.24, 2.45) is 0 Å². The third-order valence-corrected chi connectivity index (χ3v) is 4.30. The molecule has 148 valence electrons. The third-order valence-electron chi connectivity index (χ3n) is 4.30. The van der Waals surface area contributed by atoms with Gasteiger partial charge in [-0.3, -0.25) is 4.79 Å². The summed E-state index contributed by atoms with van der Waals surface area (Å²) < 4.78 is 17.5. The quantitative estimate of drug-likeness (QED) is 0.265. The average molecular weight is 396 g/mol. The summed E-state index contributed by atoms with van der Waals surface area (Å²) >= 11 is 0.